The molecule has 6 rings (SSSR count). The molecule has 1 aliphatic heterocycles. The van der Waals surface area contributed by atoms with Crippen LogP contribution in [0, 0.1) is 5.82 Å². The molecule has 0 bridgehead atoms. The highest BCUT2D eigenvalue weighted by Gasteiger charge is 2.40. The van der Waals surface area contributed by atoms with Crippen molar-refractivity contribution in [3.8, 4) is 0 Å². The van der Waals surface area contributed by atoms with Crippen LogP contribution in [0.1, 0.15) is 48.3 Å². The SMILES string of the molecule is Fc1cccn2nc([C@H]3c4nc[nH]c4CCN3c3nnc(CC4(F)CCC4)o3)cc12. The summed E-state index contributed by atoms with van der Waals surface area (Å²) in [5, 5.41) is 12.8. The van der Waals surface area contributed by atoms with Gasteiger partial charge in [0.25, 0.3) is 0 Å². The molecule has 2 aliphatic rings. The van der Waals surface area contributed by atoms with Crippen LogP contribution in [0.25, 0.3) is 5.52 Å². The van der Waals surface area contributed by atoms with Crippen molar-refractivity contribution in [1.29, 1.82) is 0 Å². The van der Waals surface area contributed by atoms with Gasteiger partial charge in [-0.05, 0) is 37.5 Å². The number of fused-ring (bicyclic) bond motifs is 2. The van der Waals surface area contributed by atoms with Gasteiger partial charge in [-0.2, -0.15) is 5.10 Å². The molecule has 10 heteroatoms. The lowest BCUT2D eigenvalue weighted by atomic mass is 9.80. The maximum Gasteiger partial charge on any atom is 0.319 e. The van der Waals surface area contributed by atoms with Gasteiger partial charge in [0.05, 0.1) is 24.1 Å². The maximum atomic E-state index is 14.5. The molecule has 0 unspecified atom stereocenters. The summed E-state index contributed by atoms with van der Waals surface area (Å²) in [6.07, 6.45) is 6.12. The highest BCUT2D eigenvalue weighted by atomic mass is 19.1. The summed E-state index contributed by atoms with van der Waals surface area (Å²) in [5.41, 5.74) is 1.54. The number of aromatic nitrogens is 6. The van der Waals surface area contributed by atoms with Gasteiger partial charge in [0, 0.05) is 24.9 Å². The minimum Gasteiger partial charge on any atom is -0.408 e. The van der Waals surface area contributed by atoms with Crippen molar-refractivity contribution in [3.05, 3.63) is 59.5 Å². The molecule has 0 radical (unpaired) electrons. The molecule has 0 amide bonds. The number of anilines is 1. The standard InChI is InChI=1S/C20H19F2N7O/c21-12-3-1-7-29-15(12)9-14(27-29)18-17-13(23-11-24-17)4-8-28(18)19-26-25-16(30-19)10-20(22)5-2-6-20/h1,3,7,9,11,18H,2,4-6,8,10H2,(H,23,24)/t18-/m0/s1. The lowest BCUT2D eigenvalue weighted by Gasteiger charge is -2.33. The summed E-state index contributed by atoms with van der Waals surface area (Å²) >= 11 is 0. The number of nitrogens with zero attached hydrogens (tertiary/aromatic N) is 6. The van der Waals surface area contributed by atoms with E-state index in [-0.39, 0.29) is 12.2 Å². The molecule has 1 aliphatic carbocycles. The largest absolute Gasteiger partial charge is 0.408 e. The lowest BCUT2D eigenvalue weighted by molar-refractivity contribution is 0.0569. The van der Waals surface area contributed by atoms with Gasteiger partial charge >= 0.3 is 6.01 Å². The van der Waals surface area contributed by atoms with Gasteiger partial charge in [-0.3, -0.25) is 0 Å². The number of nitrogens with one attached hydrogen (secondary N) is 1. The zero-order valence-corrected chi connectivity index (χ0v) is 16.1. The van der Waals surface area contributed by atoms with E-state index in [1.807, 2.05) is 4.90 Å². The molecule has 4 aromatic heterocycles. The Labute approximate surface area is 169 Å². The van der Waals surface area contributed by atoms with Gasteiger partial charge in [0.2, 0.25) is 5.89 Å². The Morgan fingerprint density at radius 2 is 2.20 bits per heavy atom. The summed E-state index contributed by atoms with van der Waals surface area (Å²) in [6, 6.07) is 4.59. The molecule has 0 aromatic carbocycles. The number of aromatic amines is 1. The van der Waals surface area contributed by atoms with Crippen molar-refractivity contribution >= 4 is 11.5 Å². The van der Waals surface area contributed by atoms with E-state index in [9.17, 15) is 8.78 Å². The minimum atomic E-state index is -1.24. The van der Waals surface area contributed by atoms with E-state index in [2.05, 4.69) is 25.3 Å². The van der Waals surface area contributed by atoms with E-state index in [1.54, 1.807) is 24.7 Å². The smallest absolute Gasteiger partial charge is 0.319 e. The molecule has 1 saturated carbocycles. The minimum absolute atomic E-state index is 0.131. The van der Waals surface area contributed by atoms with Crippen molar-refractivity contribution in [1.82, 2.24) is 29.8 Å². The van der Waals surface area contributed by atoms with Crippen molar-refractivity contribution in [2.75, 3.05) is 11.4 Å². The number of alkyl halides is 1. The van der Waals surface area contributed by atoms with Gasteiger partial charge in [0.15, 0.2) is 0 Å². The number of H-pyrrole nitrogens is 1. The third-order valence-electron chi connectivity index (χ3n) is 6.09. The Morgan fingerprint density at radius 3 is 3.00 bits per heavy atom. The second-order valence-electron chi connectivity index (χ2n) is 8.03. The van der Waals surface area contributed by atoms with E-state index in [0.29, 0.717) is 48.9 Å². The Hall–Kier alpha value is -3.30. The molecular formula is C20H19F2N7O. The molecule has 1 atom stereocenters. The number of hydrogen-bond acceptors (Lipinski definition) is 6. The fraction of sp³-hybridized carbons (Fsp3) is 0.400. The van der Waals surface area contributed by atoms with Crippen LogP contribution in [0.3, 0.4) is 0 Å². The summed E-state index contributed by atoms with van der Waals surface area (Å²) in [5.74, 6) is -0.0606. The van der Waals surface area contributed by atoms with Gasteiger partial charge in [-0.25, -0.2) is 18.3 Å². The topological polar surface area (TPSA) is 88.1 Å². The fourth-order valence-electron chi connectivity index (χ4n) is 4.36. The molecule has 4 aromatic rings. The summed E-state index contributed by atoms with van der Waals surface area (Å²) in [4.78, 5) is 9.55. The second kappa shape index (κ2) is 6.35. The molecule has 1 fully saturated rings. The van der Waals surface area contributed by atoms with Crippen LogP contribution < -0.4 is 4.90 Å². The third kappa shape index (κ3) is 2.70. The molecule has 8 nitrogen and oxygen atoms in total. The van der Waals surface area contributed by atoms with Crippen LogP contribution in [0.4, 0.5) is 14.8 Å². The predicted octanol–water partition coefficient (Wildman–Crippen LogP) is 3.17. The van der Waals surface area contributed by atoms with Gasteiger partial charge in [0.1, 0.15) is 23.0 Å². The van der Waals surface area contributed by atoms with Crippen molar-refractivity contribution in [2.24, 2.45) is 0 Å². The summed E-state index contributed by atoms with van der Waals surface area (Å²) < 4.78 is 36.1. The molecule has 1 N–H and O–H groups in total. The highest BCUT2D eigenvalue weighted by molar-refractivity contribution is 5.52. The summed E-state index contributed by atoms with van der Waals surface area (Å²) in [7, 11) is 0. The van der Waals surface area contributed by atoms with E-state index < -0.39 is 11.7 Å². The van der Waals surface area contributed by atoms with Crippen LogP contribution in [0.2, 0.25) is 0 Å². The van der Waals surface area contributed by atoms with Crippen molar-refractivity contribution < 1.29 is 13.2 Å². The number of hydrogen-bond donors (Lipinski definition) is 1. The zero-order chi connectivity index (χ0) is 20.3. The van der Waals surface area contributed by atoms with E-state index in [4.69, 9.17) is 4.42 Å². The Morgan fingerprint density at radius 1 is 1.30 bits per heavy atom. The monoisotopic (exact) mass is 411 g/mol. The first kappa shape index (κ1) is 17.5. The van der Waals surface area contributed by atoms with Crippen LogP contribution in [-0.2, 0) is 12.8 Å². The molecule has 30 heavy (non-hydrogen) atoms. The van der Waals surface area contributed by atoms with E-state index in [0.717, 1.165) is 17.8 Å². The molecule has 0 saturated heterocycles. The quantitative estimate of drug-likeness (QED) is 0.555. The first-order chi connectivity index (χ1) is 14.6. The molecule has 5 heterocycles. The van der Waals surface area contributed by atoms with E-state index in [1.165, 1.54) is 10.6 Å². The second-order valence-corrected chi connectivity index (χ2v) is 8.03. The van der Waals surface area contributed by atoms with Gasteiger partial charge < -0.3 is 14.3 Å². The predicted molar refractivity (Wildman–Crippen MR) is 102 cm³/mol. The van der Waals surface area contributed by atoms with Crippen molar-refractivity contribution in [2.45, 2.75) is 43.8 Å². The molecule has 0 spiro atoms. The summed E-state index contributed by atoms with van der Waals surface area (Å²) in [6.45, 7) is 0.582. The van der Waals surface area contributed by atoms with Gasteiger partial charge in [-0.1, -0.05) is 5.10 Å². The number of rotatable bonds is 4. The number of imidazole rings is 1. The van der Waals surface area contributed by atoms with Crippen LogP contribution >= 0.6 is 0 Å². The fourth-order valence-corrected chi connectivity index (χ4v) is 4.36. The maximum absolute atomic E-state index is 14.5. The highest BCUT2D eigenvalue weighted by Crippen LogP contribution is 2.40. The third-order valence-corrected chi connectivity index (χ3v) is 6.09. The van der Waals surface area contributed by atoms with Crippen LogP contribution in [0.15, 0.2) is 35.1 Å². The average molecular weight is 411 g/mol. The zero-order valence-electron chi connectivity index (χ0n) is 16.1. The van der Waals surface area contributed by atoms with Crippen LogP contribution in [0.5, 0.6) is 0 Å². The first-order valence-corrected chi connectivity index (χ1v) is 10.0. The van der Waals surface area contributed by atoms with Crippen LogP contribution in [-0.4, -0.2) is 42.0 Å². The number of pyridine rings is 1. The lowest BCUT2D eigenvalue weighted by Crippen LogP contribution is -2.37. The molecule has 154 valence electrons. The Balaban J connectivity index is 1.40. The molecular weight excluding hydrogens is 392 g/mol. The first-order valence-electron chi connectivity index (χ1n) is 10.0. The Bertz CT molecular complexity index is 1220. The van der Waals surface area contributed by atoms with Gasteiger partial charge in [-0.15, -0.1) is 5.10 Å². The Kier molecular flexibility index (Phi) is 3.71. The number of halogens is 2. The normalized spacial score (nSPS) is 20.3. The van der Waals surface area contributed by atoms with E-state index >= 15 is 0 Å². The van der Waals surface area contributed by atoms with Crippen molar-refractivity contribution in [3.63, 3.8) is 0 Å². The average Bonchev–Trinajstić information content (AvgIpc) is 3.45.